The standard InChI is InChI=1S/C31H46N8O3/c1-9-38-29(41)36(6)23-18-33-28(35-27(23)39(38)20-12-10-11-13-20)34-22-15-14-21(24(26(32)40)25(22)42-8)19-16-30(2,3)37(7)31(4,5)17-19/h14-15,18-20H,9-13,16-17H2,1-8H3,(H2,32,40)(H,33,34,35). The molecular weight excluding hydrogens is 532 g/mol. The predicted octanol–water partition coefficient (Wildman–Crippen LogP) is 5.25. The summed E-state index contributed by atoms with van der Waals surface area (Å²) in [5.41, 5.74) is 8.40. The number of primary amides is 1. The van der Waals surface area contributed by atoms with E-state index in [1.165, 1.54) is 0 Å². The number of nitrogens with zero attached hydrogens (tertiary/aromatic N) is 6. The Labute approximate surface area is 249 Å². The van der Waals surface area contributed by atoms with Gasteiger partial charge < -0.3 is 15.8 Å². The molecule has 5 rings (SSSR count). The molecule has 0 atom stereocenters. The minimum Gasteiger partial charge on any atom is -0.494 e. The lowest BCUT2D eigenvalue weighted by Gasteiger charge is -2.54. The Balaban J connectivity index is 1.54. The third-order valence-electron chi connectivity index (χ3n) is 9.70. The lowest BCUT2D eigenvalue weighted by atomic mass is 9.70. The van der Waals surface area contributed by atoms with E-state index >= 15 is 0 Å². The zero-order chi connectivity index (χ0) is 30.6. The first kappa shape index (κ1) is 29.9. The van der Waals surface area contributed by atoms with Gasteiger partial charge in [0, 0.05) is 24.7 Å². The molecule has 2 aromatic rings. The summed E-state index contributed by atoms with van der Waals surface area (Å²) >= 11 is 0. The zero-order valence-electron chi connectivity index (χ0n) is 26.3. The number of piperidine rings is 1. The number of benzene rings is 1. The lowest BCUT2D eigenvalue weighted by molar-refractivity contribution is -0.0129. The molecule has 1 saturated carbocycles. The van der Waals surface area contributed by atoms with Crippen molar-refractivity contribution in [3.8, 4) is 5.75 Å². The number of nitrogens with two attached hydrogens (primary N) is 1. The third-order valence-corrected chi connectivity index (χ3v) is 9.70. The summed E-state index contributed by atoms with van der Waals surface area (Å²) in [6.07, 6.45) is 7.69. The molecule has 0 radical (unpaired) electrons. The smallest absolute Gasteiger partial charge is 0.343 e. The van der Waals surface area contributed by atoms with Crippen LogP contribution in [0.3, 0.4) is 0 Å². The fourth-order valence-corrected chi connectivity index (χ4v) is 7.34. The highest BCUT2D eigenvalue weighted by molar-refractivity contribution is 6.00. The number of anilines is 4. The van der Waals surface area contributed by atoms with E-state index in [0.29, 0.717) is 41.0 Å². The lowest BCUT2D eigenvalue weighted by Crippen LogP contribution is -2.59. The van der Waals surface area contributed by atoms with Gasteiger partial charge in [0.15, 0.2) is 11.6 Å². The van der Waals surface area contributed by atoms with Crippen LogP contribution in [0.25, 0.3) is 0 Å². The molecule has 3 N–H and O–H groups in total. The molecule has 1 aromatic heterocycles. The summed E-state index contributed by atoms with van der Waals surface area (Å²) in [6.45, 7) is 11.5. The molecule has 1 saturated heterocycles. The highest BCUT2D eigenvalue weighted by Crippen LogP contribution is 2.48. The number of rotatable bonds is 7. The Morgan fingerprint density at radius 3 is 2.33 bits per heavy atom. The normalized spacial score (nSPS) is 21.0. The van der Waals surface area contributed by atoms with Crippen molar-refractivity contribution in [3.05, 3.63) is 29.5 Å². The van der Waals surface area contributed by atoms with Crippen LogP contribution >= 0.6 is 0 Å². The number of urea groups is 1. The summed E-state index contributed by atoms with van der Waals surface area (Å²) in [4.78, 5) is 39.6. The van der Waals surface area contributed by atoms with Gasteiger partial charge in [-0.2, -0.15) is 4.98 Å². The van der Waals surface area contributed by atoms with Crippen molar-refractivity contribution in [2.45, 2.75) is 96.2 Å². The summed E-state index contributed by atoms with van der Waals surface area (Å²) in [6, 6.07) is 4.01. The molecule has 228 valence electrons. The number of hydrazine groups is 1. The summed E-state index contributed by atoms with van der Waals surface area (Å²) in [7, 11) is 5.46. The molecule has 3 aliphatic rings. The quantitative estimate of drug-likeness (QED) is 0.457. The zero-order valence-corrected chi connectivity index (χ0v) is 26.3. The van der Waals surface area contributed by atoms with E-state index < -0.39 is 5.91 Å². The minimum absolute atomic E-state index is 0.0609. The molecular formula is C31H46N8O3. The van der Waals surface area contributed by atoms with Crippen LogP contribution in [0.5, 0.6) is 5.75 Å². The van der Waals surface area contributed by atoms with Gasteiger partial charge in [-0.05, 0) is 84.9 Å². The van der Waals surface area contributed by atoms with Crippen LogP contribution in [-0.4, -0.2) is 76.7 Å². The second-order valence-electron chi connectivity index (χ2n) is 13.1. The average Bonchev–Trinajstić information content (AvgIpc) is 3.47. The largest absolute Gasteiger partial charge is 0.494 e. The maximum Gasteiger partial charge on any atom is 0.343 e. The van der Waals surface area contributed by atoms with E-state index in [9.17, 15) is 9.59 Å². The molecule has 0 unspecified atom stereocenters. The van der Waals surface area contributed by atoms with Gasteiger partial charge in [-0.15, -0.1) is 0 Å². The van der Waals surface area contributed by atoms with Gasteiger partial charge in [0.25, 0.3) is 5.91 Å². The van der Waals surface area contributed by atoms with Crippen molar-refractivity contribution in [1.29, 1.82) is 0 Å². The van der Waals surface area contributed by atoms with E-state index in [-0.39, 0.29) is 29.1 Å². The SMILES string of the molecule is CCN1C(=O)N(C)c2cnc(Nc3ccc(C4CC(C)(C)N(C)C(C)(C)C4)c(C(N)=O)c3OC)nc2N1C1CCCC1. The maximum atomic E-state index is 13.2. The summed E-state index contributed by atoms with van der Waals surface area (Å²) in [5.74, 6) is 1.01. The first-order valence-electron chi connectivity index (χ1n) is 15.0. The number of methoxy groups -OCH3 is 1. The number of hydrogen-bond acceptors (Lipinski definition) is 8. The molecule has 1 aromatic carbocycles. The number of ether oxygens (including phenoxy) is 1. The molecule has 2 aliphatic heterocycles. The molecule has 0 bridgehead atoms. The summed E-state index contributed by atoms with van der Waals surface area (Å²) < 4.78 is 5.85. The van der Waals surface area contributed by atoms with Crippen LogP contribution in [0.15, 0.2) is 18.3 Å². The fourth-order valence-electron chi connectivity index (χ4n) is 7.34. The van der Waals surface area contributed by atoms with Crippen molar-refractivity contribution in [2.24, 2.45) is 5.73 Å². The molecule has 11 heteroatoms. The van der Waals surface area contributed by atoms with E-state index in [0.717, 1.165) is 44.1 Å². The molecule has 2 fully saturated rings. The van der Waals surface area contributed by atoms with Crippen LogP contribution in [0, 0.1) is 0 Å². The monoisotopic (exact) mass is 578 g/mol. The van der Waals surface area contributed by atoms with Crippen LogP contribution < -0.4 is 25.7 Å². The molecule has 42 heavy (non-hydrogen) atoms. The average molecular weight is 579 g/mol. The van der Waals surface area contributed by atoms with Crippen LogP contribution in [0.4, 0.5) is 27.9 Å². The van der Waals surface area contributed by atoms with Gasteiger partial charge in [0.2, 0.25) is 5.95 Å². The molecule has 1 aliphatic carbocycles. The maximum absolute atomic E-state index is 13.2. The fraction of sp³-hybridized carbons (Fsp3) is 0.613. The van der Waals surface area contributed by atoms with Crippen molar-refractivity contribution < 1.29 is 14.3 Å². The number of carbonyl (C=O) groups excluding carboxylic acids is 2. The molecule has 3 heterocycles. The Morgan fingerprint density at radius 2 is 1.76 bits per heavy atom. The van der Waals surface area contributed by atoms with Crippen LogP contribution in [0.2, 0.25) is 0 Å². The van der Waals surface area contributed by atoms with Crippen LogP contribution in [0.1, 0.15) is 95.0 Å². The Morgan fingerprint density at radius 1 is 1.12 bits per heavy atom. The Kier molecular flexibility index (Phi) is 7.76. The number of carbonyl (C=O) groups is 2. The number of hydrogen-bond donors (Lipinski definition) is 2. The number of amides is 3. The van der Waals surface area contributed by atoms with Gasteiger partial charge in [0.1, 0.15) is 5.69 Å². The highest BCUT2D eigenvalue weighted by atomic mass is 16.5. The third kappa shape index (κ3) is 5.01. The Hall–Kier alpha value is -3.60. The molecule has 3 amide bonds. The van der Waals surface area contributed by atoms with Crippen molar-refractivity contribution >= 4 is 35.1 Å². The summed E-state index contributed by atoms with van der Waals surface area (Å²) in [5, 5.41) is 7.11. The van der Waals surface area contributed by atoms with Gasteiger partial charge in [-0.1, -0.05) is 18.9 Å². The highest BCUT2D eigenvalue weighted by Gasteiger charge is 2.45. The minimum atomic E-state index is -0.530. The second kappa shape index (κ2) is 10.9. The molecule has 11 nitrogen and oxygen atoms in total. The molecule has 0 spiro atoms. The van der Waals surface area contributed by atoms with Gasteiger partial charge in [-0.25, -0.2) is 14.8 Å². The van der Waals surface area contributed by atoms with E-state index in [1.54, 1.807) is 30.3 Å². The van der Waals surface area contributed by atoms with E-state index in [4.69, 9.17) is 15.5 Å². The van der Waals surface area contributed by atoms with Crippen LogP contribution in [-0.2, 0) is 0 Å². The first-order valence-corrected chi connectivity index (χ1v) is 15.0. The number of nitrogens with one attached hydrogen (secondary N) is 1. The first-order chi connectivity index (χ1) is 19.8. The topological polar surface area (TPSA) is 120 Å². The van der Waals surface area contributed by atoms with Crippen molar-refractivity contribution in [2.75, 3.05) is 43.0 Å². The number of aromatic nitrogens is 2. The van der Waals surface area contributed by atoms with Crippen molar-refractivity contribution in [3.63, 3.8) is 0 Å². The number of fused-ring (bicyclic) bond motifs is 1. The Bertz CT molecular complexity index is 1350. The van der Waals surface area contributed by atoms with Gasteiger partial charge in [-0.3, -0.25) is 19.6 Å². The van der Waals surface area contributed by atoms with E-state index in [2.05, 4.69) is 55.0 Å². The number of likely N-dealkylation sites (tertiary alicyclic amines) is 1. The van der Waals surface area contributed by atoms with Crippen molar-refractivity contribution in [1.82, 2.24) is 19.9 Å². The second-order valence-corrected chi connectivity index (χ2v) is 13.1. The predicted molar refractivity (Wildman–Crippen MR) is 166 cm³/mol. The van der Waals surface area contributed by atoms with Gasteiger partial charge >= 0.3 is 6.03 Å². The van der Waals surface area contributed by atoms with E-state index in [1.807, 2.05) is 19.1 Å². The van der Waals surface area contributed by atoms with Gasteiger partial charge in [0.05, 0.1) is 30.6 Å².